The number of nitrogen functional groups attached to an aromatic ring is 1. The van der Waals surface area contributed by atoms with E-state index in [0.717, 1.165) is 41.8 Å². The van der Waals surface area contributed by atoms with Crippen LogP contribution in [-0.2, 0) is 50.7 Å². The summed E-state index contributed by atoms with van der Waals surface area (Å²) in [5.74, 6) is -1.18. The van der Waals surface area contributed by atoms with Gasteiger partial charge in [0.15, 0.2) is 22.8 Å². The number of amides is 2. The molecule has 0 bridgehead atoms. The number of unbranched alkanes of at least 4 members (excludes halogenated alkanes) is 1. The fourth-order valence-electron chi connectivity index (χ4n) is 5.62. The van der Waals surface area contributed by atoms with Crippen LogP contribution >= 0.6 is 35.2 Å². The smallest absolute Gasteiger partial charge is 0.393 e. The monoisotopic (exact) mass is 975 g/mol. The number of allylic oxidation sites excluding steroid dienone is 3. The predicted molar refractivity (Wildman–Crippen MR) is 225 cm³/mol. The summed E-state index contributed by atoms with van der Waals surface area (Å²) < 4.78 is 62.3. The van der Waals surface area contributed by atoms with Crippen LogP contribution in [0.15, 0.2) is 37.0 Å². The van der Waals surface area contributed by atoms with E-state index in [2.05, 4.69) is 41.3 Å². The van der Waals surface area contributed by atoms with E-state index in [-0.39, 0.29) is 48.0 Å². The molecule has 25 nitrogen and oxygen atoms in total. The topological polar surface area (TPSA) is 384 Å². The second kappa shape index (κ2) is 25.1. The lowest BCUT2D eigenvalue weighted by Crippen LogP contribution is -2.46. The quantitative estimate of drug-likeness (QED) is 0.0328. The summed E-state index contributed by atoms with van der Waals surface area (Å²) >= 11 is 1.05. The molecule has 356 valence electrons. The zero-order chi connectivity index (χ0) is 47.0. The van der Waals surface area contributed by atoms with Gasteiger partial charge in [-0.05, 0) is 25.7 Å². The predicted octanol–water partition coefficient (Wildman–Crippen LogP) is 1.50. The zero-order valence-corrected chi connectivity index (χ0v) is 38.2. The number of carbonyl (C=O) groups is 3. The van der Waals surface area contributed by atoms with Gasteiger partial charge in [-0.25, -0.2) is 28.6 Å². The van der Waals surface area contributed by atoms with E-state index in [0.29, 0.717) is 25.0 Å². The van der Waals surface area contributed by atoms with Crippen LogP contribution in [0, 0.1) is 5.41 Å². The van der Waals surface area contributed by atoms with E-state index >= 15 is 0 Å². The largest absolute Gasteiger partial charge is 0.481 e. The third kappa shape index (κ3) is 18.8. The minimum absolute atomic E-state index is 0.0264. The van der Waals surface area contributed by atoms with Gasteiger partial charge in [-0.15, -0.1) is 0 Å². The van der Waals surface area contributed by atoms with E-state index in [4.69, 9.17) is 19.5 Å². The summed E-state index contributed by atoms with van der Waals surface area (Å²) in [6.45, 7) is 2.50. The number of aliphatic hydroxyl groups is 3. The molecule has 8 atom stereocenters. The summed E-state index contributed by atoms with van der Waals surface area (Å²) in [5.41, 5.74) is 4.25. The molecule has 0 aliphatic carbocycles. The highest BCUT2D eigenvalue weighted by Gasteiger charge is 2.50. The van der Waals surface area contributed by atoms with Crippen molar-refractivity contribution in [2.75, 3.05) is 37.8 Å². The summed E-state index contributed by atoms with van der Waals surface area (Å²) in [7, 11) is -16.4. The molecule has 0 aromatic carbocycles. The van der Waals surface area contributed by atoms with E-state index in [9.17, 15) is 63.0 Å². The van der Waals surface area contributed by atoms with Crippen LogP contribution in [0.25, 0.3) is 11.2 Å². The van der Waals surface area contributed by atoms with Crippen LogP contribution in [0.2, 0.25) is 0 Å². The molecule has 1 saturated heterocycles. The first-order chi connectivity index (χ1) is 29.4. The number of nitrogens with two attached hydrogens (primary N) is 1. The standard InChI is InChI=1S/C34H56N7O18P3S/c1-4-5-6-7-8-9-11-22(42)12-10-13-25(44)63-17-16-36-24(43)14-15-37-32(47)29(46)34(2,3)19-56-62(53,54)59-61(51,52)55-18-23-28(58-60(48,49)50)27(45)33(57-23)41-21-40-26-30(35)38-20-39-31(26)41/h6-9,20-23,27-29,33,42,45-46H,4-5,10-19H2,1-3H3,(H,36,43)(H,37,47)(H,51,52)(H,53,54)(H2,35,38,39)(H2,48,49,50)/b7-6+,9-8+. The average Bonchev–Trinajstić information content (AvgIpc) is 3.75. The van der Waals surface area contributed by atoms with E-state index in [1.807, 2.05) is 24.3 Å². The van der Waals surface area contributed by atoms with E-state index < -0.39 is 90.7 Å². The summed E-state index contributed by atoms with van der Waals surface area (Å²) in [6.07, 6.45) is 4.06. The van der Waals surface area contributed by atoms with Gasteiger partial charge in [0.2, 0.25) is 11.8 Å². The van der Waals surface area contributed by atoms with Crippen LogP contribution in [-0.4, -0.2) is 134 Å². The molecule has 1 aliphatic heterocycles. The van der Waals surface area contributed by atoms with Gasteiger partial charge in [0, 0.05) is 37.1 Å². The number of nitrogens with zero attached hydrogens (tertiary/aromatic N) is 4. The highest BCUT2D eigenvalue weighted by Crippen LogP contribution is 2.61. The van der Waals surface area contributed by atoms with E-state index in [1.165, 1.54) is 13.8 Å². The number of imidazole rings is 1. The van der Waals surface area contributed by atoms with Crippen LogP contribution in [0.3, 0.4) is 0 Å². The number of ether oxygens (including phenoxy) is 1. The van der Waals surface area contributed by atoms with Crippen LogP contribution < -0.4 is 16.4 Å². The number of aromatic nitrogens is 4. The molecule has 3 rings (SSSR count). The van der Waals surface area contributed by atoms with Gasteiger partial charge < -0.3 is 56.0 Å². The zero-order valence-electron chi connectivity index (χ0n) is 34.7. The maximum Gasteiger partial charge on any atom is 0.481 e. The Morgan fingerprint density at radius 3 is 2.41 bits per heavy atom. The van der Waals surface area contributed by atoms with Crippen molar-refractivity contribution in [2.24, 2.45) is 5.41 Å². The molecular formula is C34H56N7O18P3S. The van der Waals surface area contributed by atoms with Crippen molar-refractivity contribution in [3.8, 4) is 0 Å². The second-order valence-electron chi connectivity index (χ2n) is 14.7. The number of nitrogens with one attached hydrogen (secondary N) is 2. The number of hydrogen-bond donors (Lipinski definition) is 10. The summed E-state index contributed by atoms with van der Waals surface area (Å²) in [5, 5.41) is 36.4. The normalized spacial score (nSPS) is 21.4. The number of anilines is 1. The third-order valence-electron chi connectivity index (χ3n) is 8.93. The molecule has 2 aromatic rings. The molecule has 1 aliphatic rings. The Bertz CT molecular complexity index is 2040. The first kappa shape index (κ1) is 54.3. The van der Waals surface area contributed by atoms with Crippen LogP contribution in [0.5, 0.6) is 0 Å². The number of fused-ring (bicyclic) bond motifs is 1. The van der Waals surface area contributed by atoms with Gasteiger partial charge in [-0.3, -0.25) is 32.5 Å². The molecular weight excluding hydrogens is 919 g/mol. The average molecular weight is 976 g/mol. The maximum absolute atomic E-state index is 12.7. The molecule has 11 N–H and O–H groups in total. The Kier molecular flexibility index (Phi) is 21.6. The molecule has 3 heterocycles. The van der Waals surface area contributed by atoms with Crippen molar-refractivity contribution in [3.05, 3.63) is 37.0 Å². The number of rotatable bonds is 28. The number of phosphoric acid groups is 3. The fourth-order valence-corrected chi connectivity index (χ4v) is 9.17. The maximum atomic E-state index is 12.7. The minimum atomic E-state index is -5.58. The van der Waals surface area contributed by atoms with E-state index in [1.54, 1.807) is 0 Å². The molecule has 63 heavy (non-hydrogen) atoms. The van der Waals surface area contributed by atoms with Crippen molar-refractivity contribution in [3.63, 3.8) is 0 Å². The number of carbonyl (C=O) groups excluding carboxylic acids is 3. The summed E-state index contributed by atoms with van der Waals surface area (Å²) in [4.78, 5) is 88.1. The van der Waals surface area contributed by atoms with Gasteiger partial charge >= 0.3 is 23.5 Å². The Morgan fingerprint density at radius 1 is 1.02 bits per heavy atom. The third-order valence-corrected chi connectivity index (χ3v) is 13.0. The lowest BCUT2D eigenvalue weighted by atomic mass is 9.87. The minimum Gasteiger partial charge on any atom is -0.393 e. The molecule has 0 spiro atoms. The highest BCUT2D eigenvalue weighted by atomic mass is 32.2. The number of hydrogen-bond acceptors (Lipinski definition) is 19. The molecule has 2 aromatic heterocycles. The molecule has 29 heteroatoms. The highest BCUT2D eigenvalue weighted by molar-refractivity contribution is 8.13. The molecule has 0 radical (unpaired) electrons. The van der Waals surface area contributed by atoms with Crippen LogP contribution in [0.4, 0.5) is 5.82 Å². The lowest BCUT2D eigenvalue weighted by molar-refractivity contribution is -0.137. The molecule has 2 amide bonds. The number of aliphatic hydroxyl groups excluding tert-OH is 3. The lowest BCUT2D eigenvalue weighted by Gasteiger charge is -2.30. The summed E-state index contributed by atoms with van der Waals surface area (Å²) in [6, 6.07) is 0. The molecule has 0 saturated carbocycles. The van der Waals surface area contributed by atoms with Crippen molar-refractivity contribution in [2.45, 2.75) is 102 Å². The Labute approximate surface area is 366 Å². The van der Waals surface area contributed by atoms with Crippen LogP contribution in [0.1, 0.15) is 71.9 Å². The molecule has 8 unspecified atom stereocenters. The first-order valence-corrected chi connectivity index (χ1v) is 25.0. The SMILES string of the molecule is CCC/C=C/C=C/CC(O)CCCC(=O)SCCNC(=O)CCNC(=O)C(O)C(C)(C)COP(=O)(O)OP(=O)(O)OCC1OC(n2cnc3c(N)ncnc32)C(O)C1OP(=O)(O)O. The fraction of sp³-hybridized carbons (Fsp3) is 0.647. The van der Waals surface area contributed by atoms with Gasteiger partial charge in [0.05, 0.1) is 25.6 Å². The first-order valence-electron chi connectivity index (χ1n) is 19.5. The Balaban J connectivity index is 1.38. The van der Waals surface area contributed by atoms with Crippen molar-refractivity contribution < 1.29 is 85.6 Å². The Morgan fingerprint density at radius 2 is 1.71 bits per heavy atom. The number of phosphoric ester groups is 3. The van der Waals surface area contributed by atoms with Crippen molar-refractivity contribution in [1.82, 2.24) is 30.2 Å². The van der Waals surface area contributed by atoms with Gasteiger partial charge in [-0.1, -0.05) is 63.3 Å². The van der Waals surface area contributed by atoms with Crippen molar-refractivity contribution in [1.29, 1.82) is 0 Å². The van der Waals surface area contributed by atoms with Gasteiger partial charge in [-0.2, -0.15) is 4.31 Å². The number of thioether (sulfide) groups is 1. The molecule has 1 fully saturated rings. The Hall–Kier alpha value is -3.00. The second-order valence-corrected chi connectivity index (χ2v) is 20.1. The van der Waals surface area contributed by atoms with Gasteiger partial charge in [0.25, 0.3) is 0 Å². The van der Waals surface area contributed by atoms with Gasteiger partial charge in [0.1, 0.15) is 36.3 Å². The van der Waals surface area contributed by atoms with Crippen molar-refractivity contribution >= 4 is 69.1 Å².